The molecule has 2 aromatic rings. The quantitative estimate of drug-likeness (QED) is 0.591. The van der Waals surface area contributed by atoms with Gasteiger partial charge >= 0.3 is 0 Å². The van der Waals surface area contributed by atoms with Gasteiger partial charge in [0, 0.05) is 23.2 Å². The molecule has 0 atom stereocenters. The lowest BCUT2D eigenvalue weighted by Gasteiger charge is -2.08. The van der Waals surface area contributed by atoms with Crippen molar-refractivity contribution in [3.63, 3.8) is 0 Å². The molecule has 0 aliphatic heterocycles. The smallest absolute Gasteiger partial charge is 0.161 e. The second-order valence-electron chi connectivity index (χ2n) is 4.12. The molecule has 0 saturated carbocycles. The fraction of sp³-hybridized carbons (Fsp3) is 0.333. The van der Waals surface area contributed by atoms with Gasteiger partial charge in [0.2, 0.25) is 0 Å². The Bertz CT molecular complexity index is 557. The Labute approximate surface area is 99.0 Å². The minimum atomic E-state index is 0.0478. The Kier molecular flexibility index (Phi) is 2.72. The fourth-order valence-corrected chi connectivity index (χ4v) is 1.99. The van der Waals surface area contributed by atoms with Gasteiger partial charge in [-0.15, -0.1) is 0 Å². The molecule has 2 aromatic heterocycles. The summed E-state index contributed by atoms with van der Waals surface area (Å²) in [5.41, 5.74) is 1.65. The Morgan fingerprint density at radius 3 is 2.75 bits per heavy atom. The molecule has 0 aliphatic carbocycles. The van der Waals surface area contributed by atoms with Crippen molar-refractivity contribution >= 4 is 28.3 Å². The molecule has 0 radical (unpaired) electrons. The predicted molar refractivity (Wildman–Crippen MR) is 65.1 cm³/mol. The van der Waals surface area contributed by atoms with Crippen molar-refractivity contribution in [1.29, 1.82) is 0 Å². The lowest BCUT2D eigenvalue weighted by atomic mass is 10.1. The van der Waals surface area contributed by atoms with Crippen molar-refractivity contribution in [3.8, 4) is 0 Å². The third-order valence-corrected chi connectivity index (χ3v) is 2.83. The van der Waals surface area contributed by atoms with Crippen LogP contribution < -0.4 is 0 Å². The standard InChI is InChI=1S/C12H13ClN2O/c1-7(2)15-6-10(8(3)16)9-4-12(13)14-5-11(9)15/h4-7H,1-3H3. The number of carbonyl (C=O) groups excluding carboxylic acids is 1. The van der Waals surface area contributed by atoms with Crippen LogP contribution in [0.5, 0.6) is 0 Å². The minimum absolute atomic E-state index is 0.0478. The van der Waals surface area contributed by atoms with E-state index in [0.29, 0.717) is 16.8 Å². The summed E-state index contributed by atoms with van der Waals surface area (Å²) in [5, 5.41) is 1.29. The average molecular weight is 237 g/mol. The van der Waals surface area contributed by atoms with Crippen molar-refractivity contribution in [2.45, 2.75) is 26.8 Å². The summed E-state index contributed by atoms with van der Waals surface area (Å²) in [6, 6.07) is 2.03. The van der Waals surface area contributed by atoms with Gasteiger partial charge in [0.25, 0.3) is 0 Å². The molecule has 2 rings (SSSR count). The second-order valence-corrected chi connectivity index (χ2v) is 4.51. The van der Waals surface area contributed by atoms with Gasteiger partial charge in [-0.3, -0.25) is 4.79 Å². The van der Waals surface area contributed by atoms with Gasteiger partial charge in [0.15, 0.2) is 5.78 Å². The van der Waals surface area contributed by atoms with E-state index in [0.717, 1.165) is 10.9 Å². The summed E-state index contributed by atoms with van der Waals surface area (Å²) in [5.74, 6) is 0.0478. The third-order valence-electron chi connectivity index (χ3n) is 2.62. The van der Waals surface area contributed by atoms with Gasteiger partial charge < -0.3 is 4.57 Å². The van der Waals surface area contributed by atoms with Crippen molar-refractivity contribution < 1.29 is 4.79 Å². The molecule has 0 bridgehead atoms. The van der Waals surface area contributed by atoms with E-state index in [1.165, 1.54) is 0 Å². The number of ketones is 1. The number of nitrogens with zero attached hydrogens (tertiary/aromatic N) is 2. The first-order chi connectivity index (χ1) is 7.50. The molecule has 16 heavy (non-hydrogen) atoms. The first-order valence-corrected chi connectivity index (χ1v) is 5.55. The molecule has 3 nitrogen and oxygen atoms in total. The maximum atomic E-state index is 11.5. The summed E-state index contributed by atoms with van der Waals surface area (Å²) in [4.78, 5) is 15.6. The highest BCUT2D eigenvalue weighted by molar-refractivity contribution is 6.30. The summed E-state index contributed by atoms with van der Waals surface area (Å²) < 4.78 is 2.04. The number of halogens is 1. The van der Waals surface area contributed by atoms with E-state index >= 15 is 0 Å². The monoisotopic (exact) mass is 236 g/mol. The van der Waals surface area contributed by atoms with Crippen LogP contribution in [0.4, 0.5) is 0 Å². The number of carbonyl (C=O) groups is 1. The van der Waals surface area contributed by atoms with Gasteiger partial charge in [-0.1, -0.05) is 11.6 Å². The van der Waals surface area contributed by atoms with E-state index in [1.54, 1.807) is 19.2 Å². The molecule has 0 spiro atoms. The lowest BCUT2D eigenvalue weighted by Crippen LogP contribution is -1.98. The number of hydrogen-bond donors (Lipinski definition) is 0. The number of pyridine rings is 1. The van der Waals surface area contributed by atoms with Crippen molar-refractivity contribution in [1.82, 2.24) is 9.55 Å². The molecular weight excluding hydrogens is 224 g/mol. The van der Waals surface area contributed by atoms with E-state index < -0.39 is 0 Å². The highest BCUT2D eigenvalue weighted by atomic mass is 35.5. The highest BCUT2D eigenvalue weighted by Gasteiger charge is 2.14. The molecule has 0 unspecified atom stereocenters. The minimum Gasteiger partial charge on any atom is -0.343 e. The molecular formula is C12H13ClN2O. The van der Waals surface area contributed by atoms with E-state index in [-0.39, 0.29) is 5.78 Å². The van der Waals surface area contributed by atoms with Gasteiger partial charge in [0.1, 0.15) is 5.15 Å². The molecule has 0 aromatic carbocycles. The maximum Gasteiger partial charge on any atom is 0.161 e. The average Bonchev–Trinajstić information content (AvgIpc) is 2.56. The first-order valence-electron chi connectivity index (χ1n) is 5.17. The van der Waals surface area contributed by atoms with Gasteiger partial charge in [-0.2, -0.15) is 0 Å². The summed E-state index contributed by atoms with van der Waals surface area (Å²) in [6.07, 6.45) is 3.58. The van der Waals surface area contributed by atoms with Crippen LogP contribution in [-0.4, -0.2) is 15.3 Å². The van der Waals surface area contributed by atoms with Gasteiger partial charge in [-0.25, -0.2) is 4.98 Å². The zero-order valence-electron chi connectivity index (χ0n) is 9.49. The Morgan fingerprint density at radius 1 is 1.50 bits per heavy atom. The van der Waals surface area contributed by atoms with E-state index in [9.17, 15) is 4.79 Å². The Hall–Kier alpha value is -1.35. The largest absolute Gasteiger partial charge is 0.343 e. The number of hydrogen-bond acceptors (Lipinski definition) is 2. The third kappa shape index (κ3) is 1.71. The molecule has 2 heterocycles. The molecule has 0 amide bonds. The zero-order chi connectivity index (χ0) is 11.9. The topological polar surface area (TPSA) is 34.9 Å². The molecule has 0 aliphatic rings. The van der Waals surface area contributed by atoms with Crippen molar-refractivity contribution in [2.75, 3.05) is 0 Å². The van der Waals surface area contributed by atoms with Crippen LogP contribution in [0.25, 0.3) is 10.9 Å². The summed E-state index contributed by atoms with van der Waals surface area (Å²) in [6.45, 7) is 5.70. The van der Waals surface area contributed by atoms with Crippen LogP contribution in [0.2, 0.25) is 5.15 Å². The van der Waals surface area contributed by atoms with Crippen LogP contribution in [-0.2, 0) is 0 Å². The summed E-state index contributed by atoms with van der Waals surface area (Å²) >= 11 is 5.85. The molecule has 0 saturated heterocycles. The van der Waals surface area contributed by atoms with Crippen molar-refractivity contribution in [3.05, 3.63) is 29.2 Å². The predicted octanol–water partition coefficient (Wildman–Crippen LogP) is 3.47. The Balaban J connectivity index is 2.81. The SMILES string of the molecule is CC(=O)c1cn(C(C)C)c2cnc(Cl)cc12. The van der Waals surface area contributed by atoms with Crippen LogP contribution in [0.15, 0.2) is 18.5 Å². The molecule has 0 fully saturated rings. The maximum absolute atomic E-state index is 11.5. The van der Waals surface area contributed by atoms with Crippen LogP contribution in [0, 0.1) is 0 Å². The van der Waals surface area contributed by atoms with E-state index in [1.807, 2.05) is 10.8 Å². The molecule has 0 N–H and O–H groups in total. The first kappa shape index (κ1) is 11.1. The molecule has 4 heteroatoms. The second kappa shape index (κ2) is 3.91. The number of Topliss-reactive ketones (excluding diaryl/α,β-unsaturated/α-hetero) is 1. The highest BCUT2D eigenvalue weighted by Crippen LogP contribution is 2.26. The van der Waals surface area contributed by atoms with Crippen LogP contribution in [0.3, 0.4) is 0 Å². The van der Waals surface area contributed by atoms with Crippen LogP contribution >= 0.6 is 11.6 Å². The van der Waals surface area contributed by atoms with Gasteiger partial charge in [-0.05, 0) is 26.8 Å². The van der Waals surface area contributed by atoms with Gasteiger partial charge in [0.05, 0.1) is 11.7 Å². The Morgan fingerprint density at radius 2 is 2.19 bits per heavy atom. The number of fused-ring (bicyclic) bond motifs is 1. The zero-order valence-corrected chi connectivity index (χ0v) is 10.2. The number of aromatic nitrogens is 2. The number of rotatable bonds is 2. The van der Waals surface area contributed by atoms with Crippen molar-refractivity contribution in [2.24, 2.45) is 0 Å². The van der Waals surface area contributed by atoms with E-state index in [2.05, 4.69) is 18.8 Å². The summed E-state index contributed by atoms with van der Waals surface area (Å²) in [7, 11) is 0. The normalized spacial score (nSPS) is 11.3. The lowest BCUT2D eigenvalue weighted by molar-refractivity contribution is 0.101. The fourth-order valence-electron chi connectivity index (χ4n) is 1.83. The van der Waals surface area contributed by atoms with Crippen LogP contribution in [0.1, 0.15) is 37.2 Å². The van der Waals surface area contributed by atoms with E-state index in [4.69, 9.17) is 11.6 Å². The molecule has 84 valence electrons.